The molecule has 0 bridgehead atoms. The highest BCUT2D eigenvalue weighted by Crippen LogP contribution is 2.32. The highest BCUT2D eigenvalue weighted by molar-refractivity contribution is 7.17. The molecule has 0 atom stereocenters. The summed E-state index contributed by atoms with van der Waals surface area (Å²) in [5.41, 5.74) is 9.24. The van der Waals surface area contributed by atoms with Crippen LogP contribution in [0.3, 0.4) is 0 Å². The second kappa shape index (κ2) is 5.21. The van der Waals surface area contributed by atoms with E-state index in [1.165, 1.54) is 11.3 Å². The van der Waals surface area contributed by atoms with Crippen molar-refractivity contribution in [2.45, 2.75) is 13.8 Å². The first-order valence-corrected chi connectivity index (χ1v) is 7.43. The number of H-pyrrole nitrogens is 1. The van der Waals surface area contributed by atoms with Crippen LogP contribution in [0.15, 0.2) is 24.4 Å². The summed E-state index contributed by atoms with van der Waals surface area (Å²) in [6.07, 6.45) is 1.77. The summed E-state index contributed by atoms with van der Waals surface area (Å²) in [4.78, 5) is 20.0. The second-order valence-corrected chi connectivity index (χ2v) is 5.66. The first-order valence-electron chi connectivity index (χ1n) is 6.61. The van der Waals surface area contributed by atoms with Crippen molar-refractivity contribution in [3.8, 4) is 10.6 Å². The maximum Gasteiger partial charge on any atom is 0.350 e. The van der Waals surface area contributed by atoms with E-state index in [-0.39, 0.29) is 5.97 Å². The SMILES string of the molecule is CCOC(=O)c1sc(-c2ccc3[nH]cc(N)c3c2)nc1C. The largest absolute Gasteiger partial charge is 0.462 e. The van der Waals surface area contributed by atoms with E-state index in [1.54, 1.807) is 13.1 Å². The van der Waals surface area contributed by atoms with Crippen LogP contribution in [0.25, 0.3) is 21.5 Å². The van der Waals surface area contributed by atoms with Crippen molar-refractivity contribution in [1.29, 1.82) is 0 Å². The molecule has 2 aromatic heterocycles. The lowest BCUT2D eigenvalue weighted by atomic mass is 10.1. The zero-order chi connectivity index (χ0) is 15.0. The number of rotatable bonds is 3. The summed E-state index contributed by atoms with van der Waals surface area (Å²) in [7, 11) is 0. The monoisotopic (exact) mass is 301 g/mol. The molecule has 1 aromatic carbocycles. The van der Waals surface area contributed by atoms with E-state index in [9.17, 15) is 4.79 Å². The number of hydrogen-bond acceptors (Lipinski definition) is 5. The molecule has 0 fully saturated rings. The van der Waals surface area contributed by atoms with Crippen LogP contribution in [0, 0.1) is 6.92 Å². The van der Waals surface area contributed by atoms with E-state index in [0.717, 1.165) is 21.5 Å². The van der Waals surface area contributed by atoms with Gasteiger partial charge in [0.25, 0.3) is 0 Å². The maximum absolute atomic E-state index is 11.9. The van der Waals surface area contributed by atoms with Gasteiger partial charge in [0.2, 0.25) is 0 Å². The van der Waals surface area contributed by atoms with Gasteiger partial charge in [0.05, 0.1) is 18.0 Å². The molecule has 3 rings (SSSR count). The minimum Gasteiger partial charge on any atom is -0.462 e. The van der Waals surface area contributed by atoms with Crippen LogP contribution in [-0.2, 0) is 4.74 Å². The fourth-order valence-electron chi connectivity index (χ4n) is 2.18. The number of benzene rings is 1. The van der Waals surface area contributed by atoms with Crippen molar-refractivity contribution >= 4 is 33.9 Å². The number of aryl methyl sites for hydroxylation is 1. The summed E-state index contributed by atoms with van der Waals surface area (Å²) in [6.45, 7) is 3.96. The quantitative estimate of drug-likeness (QED) is 0.727. The molecule has 21 heavy (non-hydrogen) atoms. The van der Waals surface area contributed by atoms with Crippen LogP contribution >= 0.6 is 11.3 Å². The first-order chi connectivity index (χ1) is 10.1. The molecule has 0 saturated heterocycles. The normalized spacial score (nSPS) is 11.0. The van der Waals surface area contributed by atoms with E-state index in [0.29, 0.717) is 22.9 Å². The number of thiazole rings is 1. The Kier molecular flexibility index (Phi) is 3.39. The zero-order valence-corrected chi connectivity index (χ0v) is 12.6. The van der Waals surface area contributed by atoms with E-state index in [1.807, 2.05) is 25.1 Å². The lowest BCUT2D eigenvalue weighted by molar-refractivity contribution is 0.0531. The van der Waals surface area contributed by atoms with Gasteiger partial charge in [-0.05, 0) is 32.0 Å². The lowest BCUT2D eigenvalue weighted by Gasteiger charge is -1.98. The number of hydrogen-bond donors (Lipinski definition) is 2. The number of nitrogens with zero attached hydrogens (tertiary/aromatic N) is 1. The smallest absolute Gasteiger partial charge is 0.350 e. The van der Waals surface area contributed by atoms with Gasteiger partial charge in [-0.25, -0.2) is 9.78 Å². The van der Waals surface area contributed by atoms with Crippen LogP contribution in [0.2, 0.25) is 0 Å². The highest BCUT2D eigenvalue weighted by Gasteiger charge is 2.17. The number of ether oxygens (including phenoxy) is 1. The number of nitrogens with one attached hydrogen (secondary N) is 1. The number of carbonyl (C=O) groups is 1. The molecule has 6 heteroatoms. The molecule has 2 heterocycles. The Hall–Kier alpha value is -2.34. The third-order valence-electron chi connectivity index (χ3n) is 3.22. The number of nitrogen functional groups attached to an aromatic ring is 1. The topological polar surface area (TPSA) is 81.0 Å². The molecular formula is C15H15N3O2S. The van der Waals surface area contributed by atoms with Gasteiger partial charge in [-0.3, -0.25) is 0 Å². The average molecular weight is 301 g/mol. The number of aromatic amines is 1. The van der Waals surface area contributed by atoms with Gasteiger partial charge in [0, 0.05) is 22.7 Å². The number of fused-ring (bicyclic) bond motifs is 1. The Bertz CT molecular complexity index is 820. The molecule has 0 aliphatic heterocycles. The van der Waals surface area contributed by atoms with Crippen molar-refractivity contribution in [2.24, 2.45) is 0 Å². The van der Waals surface area contributed by atoms with Gasteiger partial charge in [0.15, 0.2) is 0 Å². The molecule has 0 aliphatic rings. The van der Waals surface area contributed by atoms with Crippen LogP contribution < -0.4 is 5.73 Å². The highest BCUT2D eigenvalue weighted by atomic mass is 32.1. The average Bonchev–Trinajstić information content (AvgIpc) is 3.03. The van der Waals surface area contributed by atoms with Gasteiger partial charge in [-0.1, -0.05) is 0 Å². The summed E-state index contributed by atoms with van der Waals surface area (Å²) in [6, 6.07) is 5.90. The van der Waals surface area contributed by atoms with Crippen LogP contribution in [0.5, 0.6) is 0 Å². The molecule has 5 nitrogen and oxygen atoms in total. The minimum atomic E-state index is -0.319. The predicted molar refractivity (Wildman–Crippen MR) is 84.5 cm³/mol. The fraction of sp³-hybridized carbons (Fsp3) is 0.200. The lowest BCUT2D eigenvalue weighted by Crippen LogP contribution is -2.03. The minimum absolute atomic E-state index is 0.319. The number of anilines is 1. The van der Waals surface area contributed by atoms with E-state index in [4.69, 9.17) is 10.5 Å². The Morgan fingerprint density at radius 1 is 1.48 bits per heavy atom. The van der Waals surface area contributed by atoms with E-state index in [2.05, 4.69) is 9.97 Å². The first kappa shape index (κ1) is 13.6. The molecule has 108 valence electrons. The molecule has 0 amide bonds. The van der Waals surface area contributed by atoms with Crippen molar-refractivity contribution in [1.82, 2.24) is 9.97 Å². The summed E-state index contributed by atoms with van der Waals surface area (Å²) in [5.74, 6) is -0.319. The second-order valence-electron chi connectivity index (χ2n) is 4.66. The maximum atomic E-state index is 11.9. The summed E-state index contributed by atoms with van der Waals surface area (Å²) < 4.78 is 5.04. The van der Waals surface area contributed by atoms with Crippen LogP contribution in [0.4, 0.5) is 5.69 Å². The van der Waals surface area contributed by atoms with Crippen molar-refractivity contribution in [3.63, 3.8) is 0 Å². The van der Waals surface area contributed by atoms with Gasteiger partial charge < -0.3 is 15.5 Å². The molecular weight excluding hydrogens is 286 g/mol. The Labute approximate surface area is 125 Å². The zero-order valence-electron chi connectivity index (χ0n) is 11.8. The summed E-state index contributed by atoms with van der Waals surface area (Å²) >= 11 is 1.34. The number of aromatic nitrogens is 2. The van der Waals surface area contributed by atoms with Gasteiger partial charge in [0.1, 0.15) is 9.88 Å². The van der Waals surface area contributed by atoms with Crippen molar-refractivity contribution < 1.29 is 9.53 Å². The molecule has 0 radical (unpaired) electrons. The third-order valence-corrected chi connectivity index (χ3v) is 4.40. The number of esters is 1. The van der Waals surface area contributed by atoms with Gasteiger partial charge >= 0.3 is 5.97 Å². The van der Waals surface area contributed by atoms with Gasteiger partial charge in [-0.15, -0.1) is 11.3 Å². The van der Waals surface area contributed by atoms with Crippen molar-refractivity contribution in [2.75, 3.05) is 12.3 Å². The molecule has 0 spiro atoms. The molecule has 3 aromatic rings. The Morgan fingerprint density at radius 3 is 3.05 bits per heavy atom. The Balaban J connectivity index is 2.04. The molecule has 0 unspecified atom stereocenters. The van der Waals surface area contributed by atoms with E-state index < -0.39 is 0 Å². The number of nitrogens with two attached hydrogens (primary N) is 1. The summed E-state index contributed by atoms with van der Waals surface area (Å²) in [5, 5.41) is 1.75. The third kappa shape index (κ3) is 2.38. The van der Waals surface area contributed by atoms with Crippen molar-refractivity contribution in [3.05, 3.63) is 35.0 Å². The van der Waals surface area contributed by atoms with E-state index >= 15 is 0 Å². The molecule has 0 aliphatic carbocycles. The van der Waals surface area contributed by atoms with Gasteiger partial charge in [-0.2, -0.15) is 0 Å². The molecule has 3 N–H and O–H groups in total. The standard InChI is InChI=1S/C15H15N3O2S/c1-3-20-15(19)13-8(2)18-14(21-13)9-4-5-12-10(6-9)11(16)7-17-12/h4-7,17H,3,16H2,1-2H3. The van der Waals surface area contributed by atoms with Crippen LogP contribution in [0.1, 0.15) is 22.3 Å². The number of carbonyl (C=O) groups excluding carboxylic acids is 1. The molecule has 0 saturated carbocycles. The fourth-order valence-corrected chi connectivity index (χ4v) is 3.14. The Morgan fingerprint density at radius 2 is 2.29 bits per heavy atom. The predicted octanol–water partition coefficient (Wildman–Crippen LogP) is 3.36. The van der Waals surface area contributed by atoms with Crippen LogP contribution in [-0.4, -0.2) is 22.5 Å².